The zero-order chi connectivity index (χ0) is 22.9. The molecule has 1 fully saturated rings. The first kappa shape index (κ1) is 22.8. The molecule has 8 nitrogen and oxygen atoms in total. The minimum absolute atomic E-state index is 0.102. The number of rotatable bonds is 5. The number of sulfone groups is 2. The zero-order valence-electron chi connectivity index (χ0n) is 17.8. The second kappa shape index (κ2) is 8.84. The molecule has 2 aliphatic heterocycles. The summed E-state index contributed by atoms with van der Waals surface area (Å²) in [6.45, 7) is 4.67. The van der Waals surface area contributed by atoms with Crippen LogP contribution in [0, 0.1) is 0 Å². The van der Waals surface area contributed by atoms with Crippen molar-refractivity contribution in [1.82, 2.24) is 9.80 Å². The largest absolute Gasteiger partial charge is 0.450 e. The zero-order valence-corrected chi connectivity index (χ0v) is 19.4. The van der Waals surface area contributed by atoms with Crippen LogP contribution >= 0.6 is 0 Å². The number of amides is 1. The van der Waals surface area contributed by atoms with Crippen molar-refractivity contribution in [3.63, 3.8) is 0 Å². The molecule has 172 valence electrons. The van der Waals surface area contributed by atoms with Crippen LogP contribution in [0.5, 0.6) is 0 Å². The molecule has 0 N–H and O–H groups in total. The van der Waals surface area contributed by atoms with Crippen molar-refractivity contribution in [2.75, 3.05) is 38.5 Å². The molecule has 32 heavy (non-hydrogen) atoms. The van der Waals surface area contributed by atoms with Gasteiger partial charge in [0.15, 0.2) is 19.7 Å². The lowest BCUT2D eigenvalue weighted by Crippen LogP contribution is -2.48. The van der Waals surface area contributed by atoms with E-state index in [0.717, 1.165) is 0 Å². The predicted octanol–water partition coefficient (Wildman–Crippen LogP) is 2.26. The Morgan fingerprint density at radius 2 is 1.72 bits per heavy atom. The molecule has 1 atom stereocenters. The van der Waals surface area contributed by atoms with Crippen molar-refractivity contribution < 1.29 is 26.4 Å². The van der Waals surface area contributed by atoms with Gasteiger partial charge in [-0.05, 0) is 36.2 Å². The summed E-state index contributed by atoms with van der Waals surface area (Å²) in [7, 11) is -7.58. The maximum atomic E-state index is 13.4. The van der Waals surface area contributed by atoms with E-state index in [1.807, 2.05) is 0 Å². The summed E-state index contributed by atoms with van der Waals surface area (Å²) >= 11 is 0. The average molecular weight is 479 g/mol. The maximum absolute atomic E-state index is 13.4. The number of piperazine rings is 1. The standard InChI is InChI=1S/C22H26N2O6S2/c1-2-30-22(25)24-13-11-23(12-14-24)15-17-7-6-10-19-21(17)20(16-31(19,26)27)32(28,29)18-8-4-3-5-9-18/h3-10,20H,2,11-16H2,1H3. The molecule has 2 aliphatic rings. The fourth-order valence-corrected chi connectivity index (χ4v) is 8.72. The van der Waals surface area contributed by atoms with Gasteiger partial charge < -0.3 is 9.64 Å². The summed E-state index contributed by atoms with van der Waals surface area (Å²) < 4.78 is 57.5. The molecule has 10 heteroatoms. The highest BCUT2D eigenvalue weighted by Crippen LogP contribution is 2.43. The molecular formula is C22H26N2O6S2. The second-order valence-corrected chi connectivity index (χ2v) is 12.1. The van der Waals surface area contributed by atoms with E-state index in [4.69, 9.17) is 4.74 Å². The van der Waals surface area contributed by atoms with Crippen molar-refractivity contribution in [3.8, 4) is 0 Å². The van der Waals surface area contributed by atoms with Crippen LogP contribution in [0.1, 0.15) is 23.3 Å². The van der Waals surface area contributed by atoms with Gasteiger partial charge in [-0.25, -0.2) is 21.6 Å². The van der Waals surface area contributed by atoms with Gasteiger partial charge in [0, 0.05) is 32.7 Å². The number of ether oxygens (including phenoxy) is 1. The highest BCUT2D eigenvalue weighted by Gasteiger charge is 2.44. The highest BCUT2D eigenvalue weighted by molar-refractivity contribution is 7.96. The molecule has 2 heterocycles. The number of benzene rings is 2. The van der Waals surface area contributed by atoms with Gasteiger partial charge >= 0.3 is 6.09 Å². The van der Waals surface area contributed by atoms with Gasteiger partial charge in [0.1, 0.15) is 5.25 Å². The first-order valence-corrected chi connectivity index (χ1v) is 13.7. The van der Waals surface area contributed by atoms with Crippen LogP contribution in [-0.4, -0.2) is 71.3 Å². The molecule has 0 aromatic heterocycles. The molecule has 0 bridgehead atoms. The van der Waals surface area contributed by atoms with E-state index >= 15 is 0 Å². The Morgan fingerprint density at radius 1 is 1.03 bits per heavy atom. The predicted molar refractivity (Wildman–Crippen MR) is 119 cm³/mol. The Bertz CT molecular complexity index is 1200. The number of fused-ring (bicyclic) bond motifs is 1. The highest BCUT2D eigenvalue weighted by atomic mass is 32.2. The van der Waals surface area contributed by atoms with E-state index in [9.17, 15) is 21.6 Å². The molecule has 2 aromatic carbocycles. The van der Waals surface area contributed by atoms with Crippen LogP contribution in [0.15, 0.2) is 58.3 Å². The average Bonchev–Trinajstić information content (AvgIpc) is 3.07. The molecule has 1 amide bonds. The van der Waals surface area contributed by atoms with Crippen LogP contribution in [-0.2, 0) is 31.0 Å². The number of carbonyl (C=O) groups is 1. The van der Waals surface area contributed by atoms with Gasteiger partial charge in [-0.3, -0.25) is 4.90 Å². The Labute approximate surface area is 188 Å². The van der Waals surface area contributed by atoms with Gasteiger partial charge in [-0.2, -0.15) is 0 Å². The van der Waals surface area contributed by atoms with E-state index < -0.39 is 30.7 Å². The van der Waals surface area contributed by atoms with Crippen LogP contribution in [0.3, 0.4) is 0 Å². The summed E-state index contributed by atoms with van der Waals surface area (Å²) in [4.78, 5) is 15.9. The van der Waals surface area contributed by atoms with E-state index in [1.165, 1.54) is 18.2 Å². The first-order chi connectivity index (χ1) is 15.2. The fourth-order valence-electron chi connectivity index (χ4n) is 4.30. The van der Waals surface area contributed by atoms with Gasteiger partial charge in [0.2, 0.25) is 0 Å². The Hall–Kier alpha value is -2.43. The number of nitrogens with zero attached hydrogens (tertiary/aromatic N) is 2. The molecule has 2 aromatic rings. The second-order valence-electron chi connectivity index (χ2n) is 7.92. The molecule has 1 unspecified atom stereocenters. The Balaban J connectivity index is 1.62. The Kier molecular flexibility index (Phi) is 6.28. The quantitative estimate of drug-likeness (QED) is 0.650. The normalized spacial score (nSPS) is 20.7. The summed E-state index contributed by atoms with van der Waals surface area (Å²) in [5.74, 6) is -0.451. The van der Waals surface area contributed by atoms with E-state index in [1.54, 1.807) is 42.2 Å². The van der Waals surface area contributed by atoms with Crippen molar-refractivity contribution >= 4 is 25.8 Å². The van der Waals surface area contributed by atoms with Gasteiger partial charge in [-0.15, -0.1) is 0 Å². The van der Waals surface area contributed by atoms with Crippen LogP contribution in [0.2, 0.25) is 0 Å². The lowest BCUT2D eigenvalue weighted by atomic mass is 10.0. The fraction of sp³-hybridized carbons (Fsp3) is 0.409. The molecule has 0 spiro atoms. The smallest absolute Gasteiger partial charge is 0.409 e. The number of hydrogen-bond acceptors (Lipinski definition) is 7. The molecule has 4 rings (SSSR count). The summed E-state index contributed by atoms with van der Waals surface area (Å²) in [6.07, 6.45) is -0.340. The van der Waals surface area contributed by atoms with E-state index in [-0.39, 0.29) is 15.9 Å². The van der Waals surface area contributed by atoms with Crippen molar-refractivity contribution in [1.29, 1.82) is 0 Å². The molecular weight excluding hydrogens is 452 g/mol. The number of hydrogen-bond donors (Lipinski definition) is 0. The number of carbonyl (C=O) groups excluding carboxylic acids is 1. The third-order valence-electron chi connectivity index (χ3n) is 5.92. The van der Waals surface area contributed by atoms with Crippen LogP contribution in [0.25, 0.3) is 0 Å². The minimum atomic E-state index is -3.88. The summed E-state index contributed by atoms with van der Waals surface area (Å²) in [5.41, 5.74) is 1.07. The van der Waals surface area contributed by atoms with E-state index in [0.29, 0.717) is 50.5 Å². The van der Waals surface area contributed by atoms with E-state index in [2.05, 4.69) is 4.90 Å². The summed E-state index contributed by atoms with van der Waals surface area (Å²) in [5, 5.41) is -1.14. The lowest BCUT2D eigenvalue weighted by Gasteiger charge is -2.34. The van der Waals surface area contributed by atoms with Gasteiger partial charge in [0.25, 0.3) is 0 Å². The first-order valence-electron chi connectivity index (χ1n) is 10.5. The van der Waals surface area contributed by atoms with Crippen molar-refractivity contribution in [3.05, 3.63) is 59.7 Å². The topological polar surface area (TPSA) is 101 Å². The van der Waals surface area contributed by atoms with Crippen LogP contribution in [0.4, 0.5) is 4.79 Å². The summed E-state index contributed by atoms with van der Waals surface area (Å²) in [6, 6.07) is 12.9. The molecule has 1 saturated heterocycles. The molecule has 0 radical (unpaired) electrons. The minimum Gasteiger partial charge on any atom is -0.450 e. The van der Waals surface area contributed by atoms with Gasteiger partial charge in [0.05, 0.1) is 22.2 Å². The van der Waals surface area contributed by atoms with Crippen LogP contribution < -0.4 is 0 Å². The monoisotopic (exact) mass is 478 g/mol. The third-order valence-corrected chi connectivity index (χ3v) is 10.0. The Morgan fingerprint density at radius 3 is 2.38 bits per heavy atom. The molecule has 0 aliphatic carbocycles. The third kappa shape index (κ3) is 4.26. The van der Waals surface area contributed by atoms with Crippen molar-refractivity contribution in [2.45, 2.75) is 28.5 Å². The SMILES string of the molecule is CCOC(=O)N1CCN(Cc2cccc3c2C(S(=O)(=O)c2ccccc2)CS3(=O)=O)CC1. The van der Waals surface area contributed by atoms with Gasteiger partial charge in [-0.1, -0.05) is 30.3 Å². The van der Waals surface area contributed by atoms with Crippen molar-refractivity contribution in [2.24, 2.45) is 0 Å². The maximum Gasteiger partial charge on any atom is 0.409 e. The lowest BCUT2D eigenvalue weighted by molar-refractivity contribution is 0.0777. The molecule has 0 saturated carbocycles.